The maximum atomic E-state index is 10.8. The molecule has 1 rings (SSSR count). The number of carboxylic acids is 2. The van der Waals surface area contributed by atoms with Crippen molar-refractivity contribution in [3.63, 3.8) is 0 Å². The molecule has 0 aliphatic rings. The van der Waals surface area contributed by atoms with Crippen LogP contribution in [0, 0.1) is 0 Å². The van der Waals surface area contributed by atoms with Crippen LogP contribution >= 0.6 is 0 Å². The zero-order valence-corrected chi connectivity index (χ0v) is 11.4. The van der Waals surface area contributed by atoms with Crippen molar-refractivity contribution in [1.29, 1.82) is 0 Å². The number of rotatable bonds is 3. The summed E-state index contributed by atoms with van der Waals surface area (Å²) in [4.78, 5) is 20.2. The van der Waals surface area contributed by atoms with Gasteiger partial charge in [0.1, 0.15) is 4.90 Å². The summed E-state index contributed by atoms with van der Waals surface area (Å²) in [6.45, 7) is 0. The summed E-state index contributed by atoms with van der Waals surface area (Å²) < 4.78 is 30.2. The predicted molar refractivity (Wildman–Crippen MR) is 47.5 cm³/mol. The molecule has 0 aliphatic carbocycles. The molecule has 17 heavy (non-hydrogen) atoms. The predicted octanol–water partition coefficient (Wildman–Crippen LogP) is -4.00. The molecule has 0 aromatic heterocycles. The van der Waals surface area contributed by atoms with E-state index in [9.17, 15) is 23.1 Å². The van der Waals surface area contributed by atoms with Crippen LogP contribution in [0.5, 0.6) is 0 Å². The van der Waals surface area contributed by atoms with Crippen LogP contribution in [0.4, 0.5) is 0 Å². The number of benzene rings is 1. The number of carbonyl (C=O) groups excluding carboxylic acids is 1. The van der Waals surface area contributed by atoms with Gasteiger partial charge in [-0.2, -0.15) is 8.42 Å². The summed E-state index contributed by atoms with van der Waals surface area (Å²) in [7, 11) is -4.72. The summed E-state index contributed by atoms with van der Waals surface area (Å²) in [5.41, 5.74) is -1.32. The van der Waals surface area contributed by atoms with E-state index in [0.29, 0.717) is 12.1 Å². The van der Waals surface area contributed by atoms with E-state index in [4.69, 9.17) is 9.66 Å². The van der Waals surface area contributed by atoms with Crippen molar-refractivity contribution in [2.75, 3.05) is 0 Å². The second-order valence-electron chi connectivity index (χ2n) is 2.78. The van der Waals surface area contributed by atoms with Crippen molar-refractivity contribution < 1.29 is 62.3 Å². The van der Waals surface area contributed by atoms with Crippen LogP contribution in [0.25, 0.3) is 0 Å². The van der Waals surface area contributed by atoms with Gasteiger partial charge in [-0.05, 0) is 17.7 Å². The van der Waals surface area contributed by atoms with Crippen molar-refractivity contribution in [2.45, 2.75) is 4.90 Å². The minimum absolute atomic E-state index is 0. The van der Waals surface area contributed by atoms with Gasteiger partial charge in [0.25, 0.3) is 10.1 Å². The molecular weight excluding hydrogens is 263 g/mol. The zero-order valence-electron chi connectivity index (χ0n) is 8.58. The van der Waals surface area contributed by atoms with E-state index in [1.807, 2.05) is 0 Å². The molecule has 1 aromatic carbocycles. The quantitative estimate of drug-likeness (QED) is 0.421. The molecule has 9 heteroatoms. The van der Waals surface area contributed by atoms with Gasteiger partial charge in [-0.1, -0.05) is 6.07 Å². The molecule has 2 N–H and O–H groups in total. The number of hydrogen-bond acceptors (Lipinski definition) is 5. The van der Waals surface area contributed by atoms with Gasteiger partial charge in [0, 0.05) is 0 Å². The molecule has 0 amide bonds. The second kappa shape index (κ2) is 5.61. The van der Waals surface area contributed by atoms with Gasteiger partial charge in [0.15, 0.2) is 0 Å². The maximum absolute atomic E-state index is 10.8. The monoisotopic (exact) mass is 268 g/mol. The number of carbonyl (C=O) groups is 2. The normalized spacial score (nSPS) is 10.4. The number of carboxylic acid groups (broad SMARTS) is 2. The van der Waals surface area contributed by atoms with Crippen LogP contribution in [-0.2, 0) is 10.1 Å². The smallest absolute Gasteiger partial charge is 0.545 e. The van der Waals surface area contributed by atoms with Crippen LogP contribution in [0.15, 0.2) is 23.1 Å². The average Bonchev–Trinajstić information content (AvgIpc) is 2.15. The SMILES string of the molecule is O=C([O-])c1ccc(S(=O)(=O)O)c(C(=O)O)c1.[Na+]. The van der Waals surface area contributed by atoms with E-state index in [2.05, 4.69) is 0 Å². The van der Waals surface area contributed by atoms with Crippen molar-refractivity contribution in [2.24, 2.45) is 0 Å². The number of hydrogen-bond donors (Lipinski definition) is 2. The molecule has 0 aliphatic heterocycles. The van der Waals surface area contributed by atoms with Gasteiger partial charge in [-0.3, -0.25) is 4.55 Å². The zero-order chi connectivity index (χ0) is 12.5. The van der Waals surface area contributed by atoms with E-state index in [1.165, 1.54) is 0 Å². The molecular formula is C8H5NaO7S. The third-order valence-electron chi connectivity index (χ3n) is 1.72. The van der Waals surface area contributed by atoms with Crippen LogP contribution in [0.2, 0.25) is 0 Å². The Kier molecular flexibility index (Phi) is 5.30. The fourth-order valence-electron chi connectivity index (χ4n) is 1.05. The Morgan fingerprint density at radius 1 is 1.24 bits per heavy atom. The molecule has 86 valence electrons. The van der Waals surface area contributed by atoms with Gasteiger partial charge in [-0.25, -0.2) is 4.79 Å². The first-order valence-electron chi connectivity index (χ1n) is 3.79. The van der Waals surface area contributed by atoms with Crippen molar-refractivity contribution in [3.05, 3.63) is 29.3 Å². The summed E-state index contributed by atoms with van der Waals surface area (Å²) in [5.74, 6) is -3.32. The summed E-state index contributed by atoms with van der Waals surface area (Å²) >= 11 is 0. The fraction of sp³-hybridized carbons (Fsp3) is 0. The summed E-state index contributed by atoms with van der Waals surface area (Å²) in [6, 6.07) is 2.11. The number of aromatic carboxylic acids is 2. The standard InChI is InChI=1S/C8H6O7S.Na/c9-7(10)4-1-2-6(16(13,14)15)5(3-4)8(11)12;/h1-3H,(H,9,10)(H,11,12)(H,13,14,15);/q;+1/p-1. The molecule has 0 fully saturated rings. The topological polar surface area (TPSA) is 132 Å². The first kappa shape index (κ1) is 16.1. The Bertz CT molecular complexity index is 563. The molecule has 0 spiro atoms. The Labute approximate surface area is 118 Å². The third-order valence-corrected chi connectivity index (χ3v) is 2.64. The molecule has 7 nitrogen and oxygen atoms in total. The van der Waals surface area contributed by atoms with Crippen LogP contribution in [0.3, 0.4) is 0 Å². The van der Waals surface area contributed by atoms with E-state index in [-0.39, 0.29) is 29.6 Å². The molecule has 0 unspecified atom stereocenters. The third kappa shape index (κ3) is 3.79. The Balaban J connectivity index is 0.00000256. The van der Waals surface area contributed by atoms with Gasteiger partial charge in [-0.15, -0.1) is 0 Å². The van der Waals surface area contributed by atoms with Crippen molar-refractivity contribution >= 4 is 22.1 Å². The molecule has 0 bridgehead atoms. The summed E-state index contributed by atoms with van der Waals surface area (Å²) in [6.07, 6.45) is 0. The van der Waals surface area contributed by atoms with Gasteiger partial charge in [0.05, 0.1) is 11.5 Å². The first-order chi connectivity index (χ1) is 7.23. The molecule has 0 saturated carbocycles. The van der Waals surface area contributed by atoms with Crippen molar-refractivity contribution in [1.82, 2.24) is 0 Å². The molecule has 0 heterocycles. The minimum Gasteiger partial charge on any atom is -0.545 e. The second-order valence-corrected chi connectivity index (χ2v) is 4.17. The van der Waals surface area contributed by atoms with E-state index in [1.54, 1.807) is 0 Å². The van der Waals surface area contributed by atoms with Crippen LogP contribution < -0.4 is 34.7 Å². The van der Waals surface area contributed by atoms with Crippen molar-refractivity contribution in [3.8, 4) is 0 Å². The maximum Gasteiger partial charge on any atom is 1.00 e. The molecule has 0 radical (unpaired) electrons. The molecule has 0 saturated heterocycles. The van der Waals surface area contributed by atoms with E-state index < -0.39 is 38.1 Å². The Hall–Kier alpha value is -0.930. The molecule has 1 aromatic rings. The van der Waals surface area contributed by atoms with Gasteiger partial charge < -0.3 is 15.0 Å². The van der Waals surface area contributed by atoms with E-state index >= 15 is 0 Å². The fourth-order valence-corrected chi connectivity index (χ4v) is 1.71. The Morgan fingerprint density at radius 2 is 1.76 bits per heavy atom. The Morgan fingerprint density at radius 3 is 2.12 bits per heavy atom. The van der Waals surface area contributed by atoms with Gasteiger partial charge >= 0.3 is 35.5 Å². The van der Waals surface area contributed by atoms with Crippen LogP contribution in [0.1, 0.15) is 20.7 Å². The average molecular weight is 268 g/mol. The van der Waals surface area contributed by atoms with E-state index in [0.717, 1.165) is 6.07 Å². The minimum atomic E-state index is -4.72. The largest absolute Gasteiger partial charge is 1.00 e. The van der Waals surface area contributed by atoms with Crippen LogP contribution in [-0.4, -0.2) is 30.0 Å². The molecule has 0 atom stereocenters. The summed E-state index contributed by atoms with van der Waals surface area (Å²) in [5, 5.41) is 19.1. The van der Waals surface area contributed by atoms with Gasteiger partial charge in [0.2, 0.25) is 0 Å². The first-order valence-corrected chi connectivity index (χ1v) is 5.23.